The second-order valence-corrected chi connectivity index (χ2v) is 6.15. The molecule has 0 atom stereocenters. The molecule has 2 aromatic carbocycles. The summed E-state index contributed by atoms with van der Waals surface area (Å²) in [5, 5.41) is 2.86. The number of aromatic nitrogens is 2. The normalized spacial score (nSPS) is 10.4. The van der Waals surface area contributed by atoms with Gasteiger partial charge in [-0.1, -0.05) is 24.3 Å². The minimum atomic E-state index is -0.184. The Balaban J connectivity index is 1.65. The molecule has 0 aliphatic carbocycles. The Bertz CT molecular complexity index is 994. The number of ether oxygens (including phenoxy) is 1. The van der Waals surface area contributed by atoms with Crippen LogP contribution < -0.4 is 15.6 Å². The lowest BCUT2D eigenvalue weighted by Crippen LogP contribution is -2.26. The van der Waals surface area contributed by atoms with Crippen molar-refractivity contribution in [2.45, 2.75) is 13.3 Å². The Labute approximate surface area is 157 Å². The summed E-state index contributed by atoms with van der Waals surface area (Å²) in [4.78, 5) is 30.8. The Morgan fingerprint density at radius 2 is 1.89 bits per heavy atom. The van der Waals surface area contributed by atoms with Crippen molar-refractivity contribution in [3.05, 3.63) is 82.0 Å². The Morgan fingerprint density at radius 3 is 2.59 bits per heavy atom. The van der Waals surface area contributed by atoms with Crippen molar-refractivity contribution in [3.8, 4) is 16.9 Å². The summed E-state index contributed by atoms with van der Waals surface area (Å²) < 4.78 is 5.17. The SMILES string of the molecule is COc1ccc(-c2cccc(C(=O)NCCc3nc(C)cc(=O)[nH]3)c2)cc1. The highest BCUT2D eigenvalue weighted by molar-refractivity contribution is 5.95. The quantitative estimate of drug-likeness (QED) is 0.705. The molecule has 1 aromatic heterocycles. The molecule has 3 rings (SSSR count). The van der Waals surface area contributed by atoms with Crippen LogP contribution in [-0.4, -0.2) is 29.5 Å². The number of carbonyl (C=O) groups excluding carboxylic acids is 1. The van der Waals surface area contributed by atoms with E-state index < -0.39 is 0 Å². The molecular weight excluding hydrogens is 342 g/mol. The van der Waals surface area contributed by atoms with Gasteiger partial charge in [-0.3, -0.25) is 9.59 Å². The van der Waals surface area contributed by atoms with Gasteiger partial charge in [0.25, 0.3) is 11.5 Å². The molecule has 138 valence electrons. The number of nitrogens with zero attached hydrogens (tertiary/aromatic N) is 1. The topological polar surface area (TPSA) is 84.1 Å². The van der Waals surface area contributed by atoms with E-state index in [1.807, 2.05) is 42.5 Å². The van der Waals surface area contributed by atoms with Gasteiger partial charge in [0, 0.05) is 30.3 Å². The summed E-state index contributed by atoms with van der Waals surface area (Å²) in [5.74, 6) is 1.18. The second-order valence-electron chi connectivity index (χ2n) is 6.15. The van der Waals surface area contributed by atoms with E-state index >= 15 is 0 Å². The average molecular weight is 363 g/mol. The summed E-state index contributed by atoms with van der Waals surface area (Å²) in [7, 11) is 1.63. The van der Waals surface area contributed by atoms with Crippen LogP contribution in [0.1, 0.15) is 21.9 Å². The van der Waals surface area contributed by atoms with Crippen LogP contribution in [0.5, 0.6) is 5.75 Å². The molecule has 6 nitrogen and oxygen atoms in total. The molecule has 2 N–H and O–H groups in total. The number of rotatable bonds is 6. The molecule has 0 radical (unpaired) electrons. The molecule has 0 spiro atoms. The van der Waals surface area contributed by atoms with Gasteiger partial charge in [-0.25, -0.2) is 4.98 Å². The number of nitrogens with one attached hydrogen (secondary N) is 2. The minimum absolute atomic E-state index is 0.166. The van der Waals surface area contributed by atoms with Gasteiger partial charge < -0.3 is 15.0 Å². The molecule has 27 heavy (non-hydrogen) atoms. The maximum Gasteiger partial charge on any atom is 0.251 e. The van der Waals surface area contributed by atoms with Gasteiger partial charge in [-0.2, -0.15) is 0 Å². The third-order valence-corrected chi connectivity index (χ3v) is 4.11. The highest BCUT2D eigenvalue weighted by Gasteiger charge is 2.08. The van der Waals surface area contributed by atoms with Crippen LogP contribution in [0.25, 0.3) is 11.1 Å². The first kappa shape index (κ1) is 18.4. The molecule has 0 unspecified atom stereocenters. The molecule has 1 amide bonds. The number of aryl methyl sites for hydroxylation is 1. The zero-order valence-corrected chi connectivity index (χ0v) is 15.3. The van der Waals surface area contributed by atoms with Crippen molar-refractivity contribution in [2.24, 2.45) is 0 Å². The van der Waals surface area contributed by atoms with Crippen LogP contribution in [0.15, 0.2) is 59.4 Å². The maximum absolute atomic E-state index is 12.4. The van der Waals surface area contributed by atoms with Crippen molar-refractivity contribution in [1.29, 1.82) is 0 Å². The van der Waals surface area contributed by atoms with Crippen LogP contribution in [0, 0.1) is 6.92 Å². The van der Waals surface area contributed by atoms with Gasteiger partial charge in [0.2, 0.25) is 0 Å². The predicted molar refractivity (Wildman–Crippen MR) is 104 cm³/mol. The predicted octanol–water partition coefficient (Wildman–Crippen LogP) is 2.73. The summed E-state index contributed by atoms with van der Waals surface area (Å²) in [6.45, 7) is 2.15. The van der Waals surface area contributed by atoms with E-state index in [-0.39, 0.29) is 11.5 Å². The van der Waals surface area contributed by atoms with Crippen LogP contribution in [-0.2, 0) is 6.42 Å². The molecule has 1 heterocycles. The fourth-order valence-corrected chi connectivity index (χ4v) is 2.78. The zero-order valence-electron chi connectivity index (χ0n) is 15.3. The molecule has 0 fully saturated rings. The number of methoxy groups -OCH3 is 1. The van der Waals surface area contributed by atoms with Crippen LogP contribution in [0.3, 0.4) is 0 Å². The highest BCUT2D eigenvalue weighted by atomic mass is 16.5. The van der Waals surface area contributed by atoms with Gasteiger partial charge in [0.1, 0.15) is 11.6 Å². The first-order valence-corrected chi connectivity index (χ1v) is 8.65. The lowest BCUT2D eigenvalue weighted by molar-refractivity contribution is 0.0954. The number of H-pyrrole nitrogens is 1. The van der Waals surface area contributed by atoms with E-state index in [9.17, 15) is 9.59 Å². The van der Waals surface area contributed by atoms with Gasteiger partial charge >= 0.3 is 0 Å². The summed E-state index contributed by atoms with van der Waals surface area (Å²) in [5.41, 5.74) is 3.01. The van der Waals surface area contributed by atoms with E-state index in [0.29, 0.717) is 30.0 Å². The summed E-state index contributed by atoms with van der Waals surface area (Å²) >= 11 is 0. The molecule has 0 saturated carbocycles. The number of hydrogen-bond acceptors (Lipinski definition) is 4. The zero-order chi connectivity index (χ0) is 19.2. The van der Waals surface area contributed by atoms with Crippen molar-refractivity contribution in [2.75, 3.05) is 13.7 Å². The fourth-order valence-electron chi connectivity index (χ4n) is 2.78. The first-order valence-electron chi connectivity index (χ1n) is 8.65. The molecular formula is C21H21N3O3. The van der Waals surface area contributed by atoms with Gasteiger partial charge in [0.15, 0.2) is 0 Å². The largest absolute Gasteiger partial charge is 0.497 e. The van der Waals surface area contributed by atoms with E-state index in [1.165, 1.54) is 6.07 Å². The molecule has 0 saturated heterocycles. The second kappa shape index (κ2) is 8.31. The maximum atomic E-state index is 12.4. The monoisotopic (exact) mass is 363 g/mol. The summed E-state index contributed by atoms with van der Waals surface area (Å²) in [6, 6.07) is 16.6. The van der Waals surface area contributed by atoms with Gasteiger partial charge in [-0.15, -0.1) is 0 Å². The standard InChI is InChI=1S/C21H21N3O3/c1-14-12-20(25)24-19(23-14)10-11-22-21(26)17-5-3-4-16(13-17)15-6-8-18(27-2)9-7-15/h3-9,12-13H,10-11H2,1-2H3,(H,22,26)(H,23,24,25). The van der Waals surface area contributed by atoms with Crippen LogP contribution in [0.2, 0.25) is 0 Å². The van der Waals surface area contributed by atoms with Gasteiger partial charge in [0.05, 0.1) is 7.11 Å². The lowest BCUT2D eigenvalue weighted by Gasteiger charge is -2.08. The van der Waals surface area contributed by atoms with Crippen molar-refractivity contribution in [1.82, 2.24) is 15.3 Å². The molecule has 0 aliphatic rings. The highest BCUT2D eigenvalue weighted by Crippen LogP contribution is 2.23. The van der Waals surface area contributed by atoms with Crippen molar-refractivity contribution in [3.63, 3.8) is 0 Å². The van der Waals surface area contributed by atoms with Crippen LogP contribution >= 0.6 is 0 Å². The molecule has 0 bridgehead atoms. The van der Waals surface area contributed by atoms with Crippen molar-refractivity contribution >= 4 is 5.91 Å². The molecule has 0 aliphatic heterocycles. The Hall–Kier alpha value is -3.41. The first-order chi connectivity index (χ1) is 13.0. The number of aromatic amines is 1. The molecule has 6 heteroatoms. The Morgan fingerprint density at radius 1 is 1.11 bits per heavy atom. The number of hydrogen-bond donors (Lipinski definition) is 2. The third-order valence-electron chi connectivity index (χ3n) is 4.11. The average Bonchev–Trinajstić information content (AvgIpc) is 2.67. The smallest absolute Gasteiger partial charge is 0.251 e. The van der Waals surface area contributed by atoms with E-state index in [0.717, 1.165) is 16.9 Å². The number of carbonyl (C=O) groups is 1. The minimum Gasteiger partial charge on any atom is -0.497 e. The number of benzene rings is 2. The lowest BCUT2D eigenvalue weighted by atomic mass is 10.0. The fraction of sp³-hybridized carbons (Fsp3) is 0.190. The van der Waals surface area contributed by atoms with Gasteiger partial charge in [-0.05, 0) is 42.3 Å². The van der Waals surface area contributed by atoms with Crippen LogP contribution in [0.4, 0.5) is 0 Å². The van der Waals surface area contributed by atoms with E-state index in [4.69, 9.17) is 4.74 Å². The van der Waals surface area contributed by atoms with E-state index in [1.54, 1.807) is 20.1 Å². The Kier molecular flexibility index (Phi) is 5.66. The third kappa shape index (κ3) is 4.82. The van der Waals surface area contributed by atoms with Crippen molar-refractivity contribution < 1.29 is 9.53 Å². The van der Waals surface area contributed by atoms with E-state index in [2.05, 4.69) is 15.3 Å². The summed E-state index contributed by atoms with van der Waals surface area (Å²) in [6.07, 6.45) is 0.459. The molecule has 3 aromatic rings. The number of amides is 1.